The van der Waals surface area contributed by atoms with Gasteiger partial charge in [-0.05, 0) is 16.7 Å². The summed E-state index contributed by atoms with van der Waals surface area (Å²) in [6.45, 7) is 0. The number of amides is 1. The Morgan fingerprint density at radius 1 is 0.950 bits per heavy atom. The van der Waals surface area contributed by atoms with Crippen LogP contribution < -0.4 is 10.6 Å². The molecule has 4 heteroatoms. The van der Waals surface area contributed by atoms with Crippen molar-refractivity contribution >= 4 is 11.9 Å². The normalized spacial score (nSPS) is 19.8. The maximum atomic E-state index is 11.8. The zero-order valence-electron chi connectivity index (χ0n) is 11.1. The van der Waals surface area contributed by atoms with Crippen LogP contribution in [-0.2, 0) is 4.79 Å². The molecule has 2 N–H and O–H groups in total. The Morgan fingerprint density at radius 2 is 1.60 bits per heavy atom. The lowest BCUT2D eigenvalue weighted by Gasteiger charge is -2.09. The molecule has 0 aromatic heterocycles. The highest BCUT2D eigenvalue weighted by Crippen LogP contribution is 2.23. The SMILES string of the molecule is CN=C1NC(=O)C(c2ccc(-c3ccccc3)cc2)N1. The predicted octanol–water partition coefficient (Wildman–Crippen LogP) is 2.10. The summed E-state index contributed by atoms with van der Waals surface area (Å²) in [5.41, 5.74) is 3.23. The van der Waals surface area contributed by atoms with Crippen molar-refractivity contribution in [2.24, 2.45) is 4.99 Å². The molecule has 0 saturated carbocycles. The molecular weight excluding hydrogens is 250 g/mol. The summed E-state index contributed by atoms with van der Waals surface area (Å²) in [7, 11) is 1.64. The van der Waals surface area contributed by atoms with Crippen LogP contribution in [0, 0.1) is 0 Å². The Kier molecular flexibility index (Phi) is 3.21. The standard InChI is InChI=1S/C16H15N3O/c1-17-16-18-14(15(20)19-16)13-9-7-12(8-10-13)11-5-3-2-4-6-11/h2-10,14H,1H3,(H2,17,18,19,20). The first-order chi connectivity index (χ1) is 9.78. The monoisotopic (exact) mass is 265 g/mol. The van der Waals surface area contributed by atoms with Gasteiger partial charge in [0.25, 0.3) is 5.91 Å². The molecule has 100 valence electrons. The van der Waals surface area contributed by atoms with Gasteiger partial charge in [-0.15, -0.1) is 0 Å². The molecular formula is C16H15N3O. The van der Waals surface area contributed by atoms with Gasteiger partial charge in [0.2, 0.25) is 0 Å². The molecule has 2 aromatic carbocycles. The van der Waals surface area contributed by atoms with E-state index in [2.05, 4.69) is 27.8 Å². The Hall–Kier alpha value is -2.62. The van der Waals surface area contributed by atoms with Crippen LogP contribution in [0.2, 0.25) is 0 Å². The number of nitrogens with zero attached hydrogens (tertiary/aromatic N) is 1. The second kappa shape index (κ2) is 5.17. The minimum atomic E-state index is -0.362. The molecule has 4 nitrogen and oxygen atoms in total. The fraction of sp³-hybridized carbons (Fsp3) is 0.125. The third-order valence-electron chi connectivity index (χ3n) is 3.36. The second-order valence-electron chi connectivity index (χ2n) is 4.63. The molecule has 1 unspecified atom stereocenters. The number of hydrogen-bond donors (Lipinski definition) is 2. The average Bonchev–Trinajstić information content (AvgIpc) is 2.89. The van der Waals surface area contributed by atoms with E-state index in [1.165, 1.54) is 5.56 Å². The minimum Gasteiger partial charge on any atom is -0.340 e. The summed E-state index contributed by atoms with van der Waals surface area (Å²) in [4.78, 5) is 15.8. The quantitative estimate of drug-likeness (QED) is 0.873. The van der Waals surface area contributed by atoms with Crippen LogP contribution >= 0.6 is 0 Å². The summed E-state index contributed by atoms with van der Waals surface area (Å²) in [6.07, 6.45) is 0. The summed E-state index contributed by atoms with van der Waals surface area (Å²) in [5, 5.41) is 5.75. The van der Waals surface area contributed by atoms with Gasteiger partial charge in [-0.1, -0.05) is 54.6 Å². The zero-order chi connectivity index (χ0) is 13.9. The smallest absolute Gasteiger partial charge is 0.253 e. The Balaban J connectivity index is 1.85. The number of benzene rings is 2. The number of carbonyl (C=O) groups is 1. The fourth-order valence-corrected chi connectivity index (χ4v) is 2.28. The number of guanidine groups is 1. The van der Waals surface area contributed by atoms with Gasteiger partial charge in [-0.3, -0.25) is 15.1 Å². The molecule has 0 aliphatic carbocycles. The van der Waals surface area contributed by atoms with Gasteiger partial charge in [0, 0.05) is 7.05 Å². The lowest BCUT2D eigenvalue weighted by molar-refractivity contribution is -0.120. The van der Waals surface area contributed by atoms with Crippen molar-refractivity contribution < 1.29 is 4.79 Å². The van der Waals surface area contributed by atoms with E-state index < -0.39 is 0 Å². The van der Waals surface area contributed by atoms with Gasteiger partial charge < -0.3 is 5.32 Å². The van der Waals surface area contributed by atoms with Crippen LogP contribution in [0.25, 0.3) is 11.1 Å². The zero-order valence-corrected chi connectivity index (χ0v) is 11.1. The van der Waals surface area contributed by atoms with Crippen molar-refractivity contribution in [2.45, 2.75) is 6.04 Å². The molecule has 0 bridgehead atoms. The van der Waals surface area contributed by atoms with Gasteiger partial charge in [-0.2, -0.15) is 0 Å². The Morgan fingerprint density at radius 3 is 2.20 bits per heavy atom. The third-order valence-corrected chi connectivity index (χ3v) is 3.36. The number of nitrogens with one attached hydrogen (secondary N) is 2. The molecule has 1 heterocycles. The van der Waals surface area contributed by atoms with Crippen LogP contribution in [0.3, 0.4) is 0 Å². The first-order valence-electron chi connectivity index (χ1n) is 6.47. The molecule has 1 aliphatic rings. The van der Waals surface area contributed by atoms with Crippen molar-refractivity contribution in [2.75, 3.05) is 7.05 Å². The molecule has 0 spiro atoms. The number of hydrogen-bond acceptors (Lipinski definition) is 2. The highest BCUT2D eigenvalue weighted by molar-refractivity contribution is 6.06. The average molecular weight is 265 g/mol. The summed E-state index contributed by atoms with van der Waals surface area (Å²) >= 11 is 0. The molecule has 1 fully saturated rings. The van der Waals surface area contributed by atoms with Crippen molar-refractivity contribution in [3.05, 3.63) is 60.2 Å². The van der Waals surface area contributed by atoms with Crippen LogP contribution in [0.5, 0.6) is 0 Å². The lowest BCUT2D eigenvalue weighted by Crippen LogP contribution is -2.24. The molecule has 1 atom stereocenters. The van der Waals surface area contributed by atoms with Crippen LogP contribution in [0.15, 0.2) is 59.6 Å². The van der Waals surface area contributed by atoms with Crippen LogP contribution in [-0.4, -0.2) is 18.9 Å². The maximum Gasteiger partial charge on any atom is 0.253 e. The van der Waals surface area contributed by atoms with E-state index in [4.69, 9.17) is 0 Å². The summed E-state index contributed by atoms with van der Waals surface area (Å²) in [5.74, 6) is 0.449. The van der Waals surface area contributed by atoms with E-state index in [0.29, 0.717) is 5.96 Å². The molecule has 1 aliphatic heterocycles. The van der Waals surface area contributed by atoms with Crippen LogP contribution in [0.4, 0.5) is 0 Å². The molecule has 0 radical (unpaired) electrons. The molecule has 1 saturated heterocycles. The number of aliphatic imine (C=N–C) groups is 1. The van der Waals surface area contributed by atoms with Gasteiger partial charge in [0.1, 0.15) is 6.04 Å². The number of rotatable bonds is 2. The van der Waals surface area contributed by atoms with E-state index in [0.717, 1.165) is 11.1 Å². The molecule has 2 aromatic rings. The van der Waals surface area contributed by atoms with E-state index in [9.17, 15) is 4.79 Å². The largest absolute Gasteiger partial charge is 0.340 e. The fourth-order valence-electron chi connectivity index (χ4n) is 2.28. The lowest BCUT2D eigenvalue weighted by atomic mass is 10.0. The minimum absolute atomic E-state index is 0.0712. The van der Waals surface area contributed by atoms with E-state index in [1.807, 2.05) is 42.5 Å². The van der Waals surface area contributed by atoms with E-state index in [-0.39, 0.29) is 11.9 Å². The highest BCUT2D eigenvalue weighted by atomic mass is 16.2. The Labute approximate surface area is 117 Å². The maximum absolute atomic E-state index is 11.8. The van der Waals surface area contributed by atoms with Crippen molar-refractivity contribution in [3.8, 4) is 11.1 Å². The number of carbonyl (C=O) groups excluding carboxylic acids is 1. The Bertz CT molecular complexity index is 647. The predicted molar refractivity (Wildman–Crippen MR) is 79.3 cm³/mol. The van der Waals surface area contributed by atoms with Crippen molar-refractivity contribution in [1.82, 2.24) is 10.6 Å². The van der Waals surface area contributed by atoms with Gasteiger partial charge in [0.05, 0.1) is 0 Å². The topological polar surface area (TPSA) is 53.5 Å². The van der Waals surface area contributed by atoms with E-state index in [1.54, 1.807) is 7.05 Å². The summed E-state index contributed by atoms with van der Waals surface area (Å²) < 4.78 is 0. The first kappa shape index (κ1) is 12.4. The third kappa shape index (κ3) is 2.28. The molecule has 20 heavy (non-hydrogen) atoms. The highest BCUT2D eigenvalue weighted by Gasteiger charge is 2.29. The first-order valence-corrected chi connectivity index (χ1v) is 6.47. The van der Waals surface area contributed by atoms with Crippen LogP contribution in [0.1, 0.15) is 11.6 Å². The summed E-state index contributed by atoms with van der Waals surface area (Å²) in [6, 6.07) is 17.8. The molecule has 1 amide bonds. The molecule has 3 rings (SSSR count). The second-order valence-corrected chi connectivity index (χ2v) is 4.63. The van der Waals surface area contributed by atoms with Gasteiger partial charge >= 0.3 is 0 Å². The van der Waals surface area contributed by atoms with Crippen molar-refractivity contribution in [1.29, 1.82) is 0 Å². The van der Waals surface area contributed by atoms with Gasteiger partial charge in [-0.25, -0.2) is 0 Å². The van der Waals surface area contributed by atoms with E-state index >= 15 is 0 Å². The van der Waals surface area contributed by atoms with Gasteiger partial charge in [0.15, 0.2) is 5.96 Å². The van der Waals surface area contributed by atoms with Crippen molar-refractivity contribution in [3.63, 3.8) is 0 Å².